The summed E-state index contributed by atoms with van der Waals surface area (Å²) in [6.07, 6.45) is 4.18. The van der Waals surface area contributed by atoms with E-state index in [2.05, 4.69) is 68.8 Å². The molecule has 2 bridgehead atoms. The van der Waals surface area contributed by atoms with Crippen LogP contribution in [-0.4, -0.2) is 0 Å². The second-order valence-corrected chi connectivity index (χ2v) is 8.17. The van der Waals surface area contributed by atoms with Gasteiger partial charge in [0.15, 0.2) is 5.69 Å². The van der Waals surface area contributed by atoms with Crippen LogP contribution in [0.2, 0.25) is 0 Å². The molecule has 1 heterocycles. The number of benzene rings is 2. The Morgan fingerprint density at radius 2 is 1.52 bits per heavy atom. The molecule has 0 amide bonds. The highest BCUT2D eigenvalue weighted by atomic mass is 14.9. The van der Waals surface area contributed by atoms with E-state index in [1.165, 1.54) is 58.1 Å². The molecule has 25 heavy (non-hydrogen) atoms. The maximum atomic E-state index is 2.53. The third-order valence-corrected chi connectivity index (χ3v) is 6.96. The van der Waals surface area contributed by atoms with Crippen LogP contribution in [0.1, 0.15) is 59.0 Å². The zero-order chi connectivity index (χ0) is 17.3. The van der Waals surface area contributed by atoms with Crippen LogP contribution in [0.15, 0.2) is 36.4 Å². The molecule has 1 heteroatoms. The summed E-state index contributed by atoms with van der Waals surface area (Å²) in [4.78, 5) is 0. The quantitative estimate of drug-likeness (QED) is 0.510. The lowest BCUT2D eigenvalue weighted by Gasteiger charge is -2.19. The highest BCUT2D eigenvalue weighted by Gasteiger charge is 2.38. The number of hydrogen-bond acceptors (Lipinski definition) is 0. The summed E-state index contributed by atoms with van der Waals surface area (Å²) in [6, 6.07) is 13.9. The monoisotopic (exact) mass is 328 g/mol. The summed E-state index contributed by atoms with van der Waals surface area (Å²) in [5.41, 5.74) is 10.3. The zero-order valence-corrected chi connectivity index (χ0v) is 15.7. The predicted octanol–water partition coefficient (Wildman–Crippen LogP) is 5.62. The minimum atomic E-state index is 0.808. The Kier molecular flexibility index (Phi) is 3.13. The lowest BCUT2D eigenvalue weighted by atomic mass is 9.86. The minimum Gasteiger partial charge on any atom is -0.198 e. The second-order valence-electron chi connectivity index (χ2n) is 8.17. The third-order valence-electron chi connectivity index (χ3n) is 6.96. The molecule has 1 fully saturated rings. The third kappa shape index (κ3) is 1.99. The zero-order valence-electron chi connectivity index (χ0n) is 15.7. The predicted molar refractivity (Wildman–Crippen MR) is 104 cm³/mol. The van der Waals surface area contributed by atoms with Crippen LogP contribution in [-0.2, 0) is 7.05 Å². The molecule has 2 aliphatic carbocycles. The Hall–Kier alpha value is -2.15. The Morgan fingerprint density at radius 1 is 0.880 bits per heavy atom. The molecule has 1 saturated carbocycles. The highest BCUT2D eigenvalue weighted by molar-refractivity contribution is 5.96. The van der Waals surface area contributed by atoms with Crippen molar-refractivity contribution < 1.29 is 4.57 Å². The first-order valence-electron chi connectivity index (χ1n) is 9.59. The van der Waals surface area contributed by atoms with Crippen molar-refractivity contribution in [1.82, 2.24) is 0 Å². The van der Waals surface area contributed by atoms with Gasteiger partial charge in [-0.3, -0.25) is 0 Å². The first-order chi connectivity index (χ1) is 12.1. The van der Waals surface area contributed by atoms with Crippen molar-refractivity contribution in [2.75, 3.05) is 0 Å². The van der Waals surface area contributed by atoms with E-state index in [9.17, 15) is 0 Å². The molecule has 2 unspecified atom stereocenters. The number of nitrogens with zero attached hydrogens (tertiary/aromatic N) is 1. The molecule has 3 aromatic rings. The maximum absolute atomic E-state index is 2.53. The van der Waals surface area contributed by atoms with Crippen molar-refractivity contribution in [1.29, 1.82) is 0 Å². The number of aryl methyl sites for hydroxylation is 2. The fourth-order valence-electron chi connectivity index (χ4n) is 5.39. The molecular formula is C24H26N+. The number of rotatable bonds is 1. The van der Waals surface area contributed by atoms with E-state index in [0.29, 0.717) is 0 Å². The lowest BCUT2D eigenvalue weighted by molar-refractivity contribution is -0.665. The SMILES string of the molecule is Cc1cc2c(cc1-c1c3ccccc3c(C)c(C)[n+]1C)C1CCC2C1. The van der Waals surface area contributed by atoms with E-state index >= 15 is 0 Å². The van der Waals surface area contributed by atoms with Gasteiger partial charge in [-0.1, -0.05) is 24.3 Å². The Morgan fingerprint density at radius 3 is 2.24 bits per heavy atom. The van der Waals surface area contributed by atoms with Crippen LogP contribution in [0.3, 0.4) is 0 Å². The van der Waals surface area contributed by atoms with E-state index < -0.39 is 0 Å². The van der Waals surface area contributed by atoms with Gasteiger partial charge in [0.05, 0.1) is 10.9 Å². The van der Waals surface area contributed by atoms with Gasteiger partial charge in [0.1, 0.15) is 7.05 Å². The van der Waals surface area contributed by atoms with Crippen LogP contribution in [0.5, 0.6) is 0 Å². The summed E-state index contributed by atoms with van der Waals surface area (Å²) < 4.78 is 2.40. The molecule has 0 saturated heterocycles. The number of fused-ring (bicyclic) bond motifs is 6. The van der Waals surface area contributed by atoms with Crippen LogP contribution >= 0.6 is 0 Å². The summed E-state index contributed by atoms with van der Waals surface area (Å²) >= 11 is 0. The van der Waals surface area contributed by atoms with E-state index in [1.54, 1.807) is 11.1 Å². The van der Waals surface area contributed by atoms with Crippen LogP contribution < -0.4 is 4.57 Å². The topological polar surface area (TPSA) is 3.88 Å². The van der Waals surface area contributed by atoms with Crippen molar-refractivity contribution in [3.8, 4) is 11.3 Å². The van der Waals surface area contributed by atoms with Crippen molar-refractivity contribution in [3.63, 3.8) is 0 Å². The van der Waals surface area contributed by atoms with E-state index in [4.69, 9.17) is 0 Å². The van der Waals surface area contributed by atoms with Gasteiger partial charge in [-0.15, -0.1) is 0 Å². The summed E-state index contributed by atoms with van der Waals surface area (Å²) in [5.74, 6) is 1.64. The van der Waals surface area contributed by atoms with Gasteiger partial charge in [-0.05, 0) is 79.2 Å². The fourth-order valence-corrected chi connectivity index (χ4v) is 5.39. The molecule has 0 N–H and O–H groups in total. The molecule has 126 valence electrons. The van der Waals surface area contributed by atoms with Crippen LogP contribution in [0.4, 0.5) is 0 Å². The van der Waals surface area contributed by atoms with Gasteiger partial charge in [0, 0.05) is 12.5 Å². The average Bonchev–Trinajstić information content (AvgIpc) is 3.22. The Balaban J connectivity index is 1.85. The summed E-state index contributed by atoms with van der Waals surface area (Å²) in [5, 5.41) is 2.76. The minimum absolute atomic E-state index is 0.808. The first-order valence-corrected chi connectivity index (χ1v) is 9.59. The molecule has 2 aromatic carbocycles. The maximum Gasteiger partial charge on any atom is 0.220 e. The summed E-state index contributed by atoms with van der Waals surface area (Å²) in [6.45, 7) is 6.79. The standard InChI is InChI=1S/C24H26N/c1-14-11-22-17-9-10-18(12-17)23(22)13-21(14)24-20-8-6-5-7-19(20)15(2)16(3)25(24)4/h5-8,11,13,17-18H,9-10,12H2,1-4H3/q+1. The van der Waals surface area contributed by atoms with Crippen molar-refractivity contribution in [2.45, 2.75) is 51.9 Å². The van der Waals surface area contributed by atoms with Gasteiger partial charge < -0.3 is 0 Å². The summed E-state index contributed by atoms with van der Waals surface area (Å²) in [7, 11) is 2.23. The molecule has 0 radical (unpaired) electrons. The molecule has 2 aliphatic rings. The number of hydrogen-bond donors (Lipinski definition) is 0. The van der Waals surface area contributed by atoms with Crippen molar-refractivity contribution in [2.24, 2.45) is 7.05 Å². The number of aromatic nitrogens is 1. The Labute approximate surface area is 150 Å². The van der Waals surface area contributed by atoms with E-state index in [-0.39, 0.29) is 0 Å². The fraction of sp³-hybridized carbons (Fsp3) is 0.375. The van der Waals surface area contributed by atoms with Gasteiger partial charge >= 0.3 is 0 Å². The van der Waals surface area contributed by atoms with Crippen molar-refractivity contribution >= 4 is 10.8 Å². The number of pyridine rings is 1. The first kappa shape index (κ1) is 15.1. The van der Waals surface area contributed by atoms with Gasteiger partial charge in [0.25, 0.3) is 0 Å². The van der Waals surface area contributed by atoms with Crippen LogP contribution in [0.25, 0.3) is 22.0 Å². The molecule has 0 aliphatic heterocycles. The molecule has 5 rings (SSSR count). The van der Waals surface area contributed by atoms with Crippen molar-refractivity contribution in [3.05, 3.63) is 64.3 Å². The Bertz CT molecular complexity index is 1030. The van der Waals surface area contributed by atoms with Gasteiger partial charge in [-0.25, -0.2) is 0 Å². The normalized spacial score (nSPS) is 21.1. The molecule has 1 nitrogen and oxygen atoms in total. The molecule has 2 atom stereocenters. The largest absolute Gasteiger partial charge is 0.220 e. The van der Waals surface area contributed by atoms with E-state index in [1.807, 2.05) is 0 Å². The van der Waals surface area contributed by atoms with E-state index in [0.717, 1.165) is 11.8 Å². The molecule has 0 spiro atoms. The smallest absolute Gasteiger partial charge is 0.198 e. The van der Waals surface area contributed by atoms with Gasteiger partial charge in [0.2, 0.25) is 5.69 Å². The molecular weight excluding hydrogens is 302 g/mol. The lowest BCUT2D eigenvalue weighted by Crippen LogP contribution is -2.36. The van der Waals surface area contributed by atoms with Gasteiger partial charge in [-0.2, -0.15) is 4.57 Å². The second kappa shape index (κ2) is 5.17. The molecule has 1 aromatic heterocycles. The van der Waals surface area contributed by atoms with Crippen LogP contribution in [0, 0.1) is 20.8 Å². The average molecular weight is 328 g/mol. The highest BCUT2D eigenvalue weighted by Crippen LogP contribution is 2.54.